The van der Waals surface area contributed by atoms with Crippen molar-refractivity contribution in [1.82, 2.24) is 9.71 Å². The molecule has 0 bridgehead atoms. The van der Waals surface area contributed by atoms with Gasteiger partial charge >= 0.3 is 0 Å². The predicted molar refractivity (Wildman–Crippen MR) is 103 cm³/mol. The second kappa shape index (κ2) is 9.18. The summed E-state index contributed by atoms with van der Waals surface area (Å²) in [4.78, 5) is 16.0. The number of hydrogen-bond acceptors (Lipinski definition) is 7. The van der Waals surface area contributed by atoms with Crippen molar-refractivity contribution < 1.29 is 31.8 Å². The molecule has 2 aliphatic rings. The Labute approximate surface area is 173 Å². The van der Waals surface area contributed by atoms with E-state index in [1.165, 1.54) is 6.07 Å². The summed E-state index contributed by atoms with van der Waals surface area (Å²) in [6, 6.07) is 0.479. The van der Waals surface area contributed by atoms with Crippen molar-refractivity contribution in [2.24, 2.45) is 11.7 Å². The average molecular weight is 448 g/mol. The maximum absolute atomic E-state index is 12.5. The molecule has 5 N–H and O–H groups in total. The molecule has 0 spiro atoms. The molecule has 0 aromatic carbocycles. The highest BCUT2D eigenvalue weighted by atomic mass is 32.2. The Bertz CT molecular complexity index is 873. The second-order valence-electron chi connectivity index (χ2n) is 7.75. The lowest BCUT2D eigenvalue weighted by Gasteiger charge is -2.37. The third kappa shape index (κ3) is 5.11. The summed E-state index contributed by atoms with van der Waals surface area (Å²) < 4.78 is 56.6. The van der Waals surface area contributed by atoms with E-state index in [-0.39, 0.29) is 30.5 Å². The SMILES string of the molecule is N[C@H](C(=O)Nc1cc(C2(O)COC2)c(S(=O)(=O)NCC(F)F)cn1)C1CCCCC1. The zero-order valence-electron chi connectivity index (χ0n) is 16.3. The summed E-state index contributed by atoms with van der Waals surface area (Å²) >= 11 is 0. The first kappa shape index (κ1) is 22.9. The highest BCUT2D eigenvalue weighted by Crippen LogP contribution is 2.35. The fourth-order valence-electron chi connectivity index (χ4n) is 3.71. The van der Waals surface area contributed by atoms with Gasteiger partial charge in [-0.25, -0.2) is 26.9 Å². The van der Waals surface area contributed by atoms with E-state index in [0.717, 1.165) is 38.3 Å². The molecule has 30 heavy (non-hydrogen) atoms. The number of ether oxygens (including phenoxy) is 1. The van der Waals surface area contributed by atoms with Crippen molar-refractivity contribution in [2.45, 2.75) is 55.1 Å². The van der Waals surface area contributed by atoms with Crippen LogP contribution in [0.25, 0.3) is 0 Å². The van der Waals surface area contributed by atoms with Gasteiger partial charge in [0.25, 0.3) is 6.43 Å². The van der Waals surface area contributed by atoms with E-state index >= 15 is 0 Å². The van der Waals surface area contributed by atoms with Crippen LogP contribution in [0.3, 0.4) is 0 Å². The number of nitrogens with one attached hydrogen (secondary N) is 2. The molecule has 2 fully saturated rings. The Kier molecular flexibility index (Phi) is 7.02. The van der Waals surface area contributed by atoms with Crippen LogP contribution in [0.5, 0.6) is 0 Å². The van der Waals surface area contributed by atoms with Crippen LogP contribution in [0.15, 0.2) is 17.2 Å². The number of carbonyl (C=O) groups is 1. The lowest BCUT2D eigenvalue weighted by molar-refractivity contribution is -0.186. The molecule has 1 saturated heterocycles. The second-order valence-corrected chi connectivity index (χ2v) is 9.48. The van der Waals surface area contributed by atoms with E-state index in [1.807, 2.05) is 0 Å². The number of alkyl halides is 2. The normalized spacial score (nSPS) is 20.6. The highest BCUT2D eigenvalue weighted by Gasteiger charge is 2.42. The highest BCUT2D eigenvalue weighted by molar-refractivity contribution is 7.89. The molecule has 3 rings (SSSR count). The van der Waals surface area contributed by atoms with Gasteiger partial charge in [0.1, 0.15) is 16.3 Å². The first-order valence-corrected chi connectivity index (χ1v) is 11.3. The monoisotopic (exact) mass is 448 g/mol. The Morgan fingerprint density at radius 1 is 1.33 bits per heavy atom. The molecule has 0 unspecified atom stereocenters. The number of sulfonamides is 1. The number of anilines is 1. The van der Waals surface area contributed by atoms with E-state index in [0.29, 0.717) is 0 Å². The van der Waals surface area contributed by atoms with Crippen LogP contribution in [-0.2, 0) is 25.2 Å². The quantitative estimate of drug-likeness (QED) is 0.458. The first-order valence-electron chi connectivity index (χ1n) is 9.77. The van der Waals surface area contributed by atoms with Crippen LogP contribution in [-0.4, -0.2) is 56.6 Å². The van der Waals surface area contributed by atoms with Crippen molar-refractivity contribution in [3.63, 3.8) is 0 Å². The number of rotatable bonds is 8. The molecule has 1 saturated carbocycles. The van der Waals surface area contributed by atoms with Crippen molar-refractivity contribution in [3.8, 4) is 0 Å². The lowest BCUT2D eigenvalue weighted by Crippen LogP contribution is -2.48. The first-order chi connectivity index (χ1) is 14.1. The van der Waals surface area contributed by atoms with Gasteiger partial charge in [0.05, 0.1) is 25.8 Å². The van der Waals surface area contributed by atoms with Crippen LogP contribution in [0.2, 0.25) is 0 Å². The molecule has 1 aliphatic heterocycles. The molecule has 0 radical (unpaired) electrons. The molecule has 12 heteroatoms. The van der Waals surface area contributed by atoms with Gasteiger partial charge in [0.2, 0.25) is 15.9 Å². The zero-order valence-corrected chi connectivity index (χ0v) is 17.1. The number of pyridine rings is 1. The Morgan fingerprint density at radius 3 is 2.57 bits per heavy atom. The number of nitrogens with zero attached hydrogens (tertiary/aromatic N) is 1. The number of carbonyl (C=O) groups excluding carboxylic acids is 1. The summed E-state index contributed by atoms with van der Waals surface area (Å²) in [5.41, 5.74) is 4.36. The van der Waals surface area contributed by atoms with E-state index < -0.39 is 45.4 Å². The molecule has 1 aliphatic carbocycles. The molecule has 9 nitrogen and oxygen atoms in total. The largest absolute Gasteiger partial charge is 0.380 e. The van der Waals surface area contributed by atoms with Gasteiger partial charge in [-0.2, -0.15) is 0 Å². The molecular weight excluding hydrogens is 422 g/mol. The van der Waals surface area contributed by atoms with Gasteiger partial charge in [0, 0.05) is 11.8 Å². The summed E-state index contributed by atoms with van der Waals surface area (Å²) in [6.07, 6.45) is 2.89. The van der Waals surface area contributed by atoms with Gasteiger partial charge in [-0.1, -0.05) is 19.3 Å². The summed E-state index contributed by atoms with van der Waals surface area (Å²) in [7, 11) is -4.37. The summed E-state index contributed by atoms with van der Waals surface area (Å²) in [5.74, 6) is -0.390. The Balaban J connectivity index is 1.83. The van der Waals surface area contributed by atoms with Gasteiger partial charge in [-0.3, -0.25) is 4.79 Å². The van der Waals surface area contributed by atoms with Crippen LogP contribution in [0, 0.1) is 5.92 Å². The topological polar surface area (TPSA) is 144 Å². The lowest BCUT2D eigenvalue weighted by atomic mass is 9.84. The van der Waals surface area contributed by atoms with Crippen LogP contribution >= 0.6 is 0 Å². The Morgan fingerprint density at radius 2 is 2.00 bits per heavy atom. The van der Waals surface area contributed by atoms with Crippen LogP contribution < -0.4 is 15.8 Å². The van der Waals surface area contributed by atoms with E-state index in [1.54, 1.807) is 4.72 Å². The van der Waals surface area contributed by atoms with E-state index in [9.17, 15) is 27.1 Å². The number of aromatic nitrogens is 1. The fraction of sp³-hybridized carbons (Fsp3) is 0.667. The maximum Gasteiger partial charge on any atom is 0.251 e. The van der Waals surface area contributed by atoms with Crippen molar-refractivity contribution in [1.29, 1.82) is 0 Å². The smallest absolute Gasteiger partial charge is 0.251 e. The Hall–Kier alpha value is -1.73. The third-order valence-corrected chi connectivity index (χ3v) is 6.93. The minimum Gasteiger partial charge on any atom is -0.380 e. The number of amides is 1. The minimum atomic E-state index is -4.37. The van der Waals surface area contributed by atoms with Gasteiger partial charge < -0.3 is 20.9 Å². The predicted octanol–water partition coefficient (Wildman–Crippen LogP) is 0.689. The van der Waals surface area contributed by atoms with Crippen LogP contribution in [0.4, 0.5) is 14.6 Å². The number of nitrogens with two attached hydrogens (primary N) is 1. The number of halogens is 2. The van der Waals surface area contributed by atoms with Crippen molar-refractivity contribution >= 4 is 21.7 Å². The number of aliphatic hydroxyl groups is 1. The van der Waals surface area contributed by atoms with Crippen molar-refractivity contribution in [2.75, 3.05) is 25.1 Å². The molecule has 1 aromatic heterocycles. The van der Waals surface area contributed by atoms with Crippen molar-refractivity contribution in [3.05, 3.63) is 17.8 Å². The van der Waals surface area contributed by atoms with E-state index in [4.69, 9.17) is 10.5 Å². The maximum atomic E-state index is 12.5. The molecule has 1 atom stereocenters. The summed E-state index contributed by atoms with van der Waals surface area (Å²) in [6.45, 7) is -1.43. The standard InChI is InChI=1S/C18H26F2N4O5S/c19-14(20)8-23-30(27,28)13-7-22-15(6-12(13)18(26)9-29-10-18)24-17(25)16(21)11-4-2-1-3-5-11/h6-7,11,14,16,23,26H,1-5,8-10,21H2,(H,22,24,25)/t16-/m0/s1. The zero-order chi connectivity index (χ0) is 21.9. The van der Waals surface area contributed by atoms with Gasteiger partial charge in [-0.15, -0.1) is 0 Å². The van der Waals surface area contributed by atoms with Gasteiger partial charge in [-0.05, 0) is 24.8 Å². The van der Waals surface area contributed by atoms with E-state index in [2.05, 4.69) is 10.3 Å². The number of hydrogen-bond donors (Lipinski definition) is 4. The third-order valence-electron chi connectivity index (χ3n) is 5.48. The molecule has 1 amide bonds. The molecular formula is C18H26F2N4O5S. The van der Waals surface area contributed by atoms with Crippen LogP contribution in [0.1, 0.15) is 37.7 Å². The molecule has 2 heterocycles. The molecule has 1 aromatic rings. The van der Waals surface area contributed by atoms with Gasteiger partial charge in [0.15, 0.2) is 0 Å². The average Bonchev–Trinajstić information content (AvgIpc) is 2.70. The summed E-state index contributed by atoms with van der Waals surface area (Å²) in [5, 5.41) is 13.2. The molecule has 168 valence electrons. The fourth-order valence-corrected chi connectivity index (χ4v) is 4.94. The minimum absolute atomic E-state index is 0.00870.